The van der Waals surface area contributed by atoms with Crippen molar-refractivity contribution in [1.29, 1.82) is 0 Å². The van der Waals surface area contributed by atoms with Gasteiger partial charge in [-0.15, -0.1) is 20.4 Å². The molecule has 0 amide bonds. The first kappa shape index (κ1) is 15.4. The second-order valence-electron chi connectivity index (χ2n) is 6.09. The number of fused-ring (bicyclic) bond motifs is 3. The number of para-hydroxylation sites is 1. The van der Waals surface area contributed by atoms with Gasteiger partial charge >= 0.3 is 0 Å². The summed E-state index contributed by atoms with van der Waals surface area (Å²) in [4.78, 5) is 0. The lowest BCUT2D eigenvalue weighted by Gasteiger charge is -2.06. The smallest absolute Gasteiger partial charge is 0.276 e. The molecule has 2 aromatic carbocycles. The molecule has 8 heteroatoms. The van der Waals surface area contributed by atoms with E-state index in [0.29, 0.717) is 17.1 Å². The third-order valence-electron chi connectivity index (χ3n) is 4.45. The Morgan fingerprint density at radius 3 is 2.33 bits per heavy atom. The monoisotopic (exact) mass is 357 g/mol. The quantitative estimate of drug-likeness (QED) is 0.494. The molecule has 0 aliphatic rings. The molecule has 0 atom stereocenters. The van der Waals surface area contributed by atoms with Crippen LogP contribution in [0.4, 0.5) is 0 Å². The van der Waals surface area contributed by atoms with Crippen LogP contribution in [0, 0.1) is 6.92 Å². The summed E-state index contributed by atoms with van der Waals surface area (Å²) in [5.41, 5.74) is 4.11. The molecular formula is C19H15N7O. The highest BCUT2D eigenvalue weighted by Gasteiger charge is 2.19. The maximum absolute atomic E-state index is 5.25. The summed E-state index contributed by atoms with van der Waals surface area (Å²) >= 11 is 0. The normalized spacial score (nSPS) is 11.3. The van der Waals surface area contributed by atoms with Crippen LogP contribution < -0.4 is 4.74 Å². The van der Waals surface area contributed by atoms with E-state index in [4.69, 9.17) is 4.74 Å². The largest absolute Gasteiger partial charge is 0.497 e. The minimum atomic E-state index is 0.422. The second kappa shape index (κ2) is 5.87. The molecule has 5 aromatic rings. The second-order valence-corrected chi connectivity index (χ2v) is 6.09. The van der Waals surface area contributed by atoms with E-state index in [0.717, 1.165) is 28.3 Å². The number of aromatic nitrogens is 7. The third-order valence-corrected chi connectivity index (χ3v) is 4.45. The fraction of sp³-hybridized carbons (Fsp3) is 0.105. The Bertz CT molecular complexity index is 1260. The molecule has 0 saturated heterocycles. The molecule has 0 spiro atoms. The summed E-state index contributed by atoms with van der Waals surface area (Å²) in [6.45, 7) is 1.92. The van der Waals surface area contributed by atoms with E-state index in [1.807, 2.05) is 70.6 Å². The fourth-order valence-corrected chi connectivity index (χ4v) is 3.13. The van der Waals surface area contributed by atoms with Gasteiger partial charge in [0, 0.05) is 5.56 Å². The number of hydrogen-bond donors (Lipinski definition) is 0. The first-order valence-corrected chi connectivity index (χ1v) is 8.43. The van der Waals surface area contributed by atoms with Crippen LogP contribution >= 0.6 is 0 Å². The van der Waals surface area contributed by atoms with Crippen molar-refractivity contribution in [2.24, 2.45) is 0 Å². The molecule has 0 radical (unpaired) electrons. The molecule has 0 bridgehead atoms. The Labute approximate surface area is 154 Å². The highest BCUT2D eigenvalue weighted by molar-refractivity contribution is 5.79. The van der Waals surface area contributed by atoms with Gasteiger partial charge in [0.1, 0.15) is 5.75 Å². The predicted molar refractivity (Wildman–Crippen MR) is 99.9 cm³/mol. The summed E-state index contributed by atoms with van der Waals surface area (Å²) in [5.74, 6) is 1.87. The average molecular weight is 357 g/mol. The van der Waals surface area contributed by atoms with Crippen LogP contribution in [-0.4, -0.2) is 41.7 Å². The molecule has 27 heavy (non-hydrogen) atoms. The minimum Gasteiger partial charge on any atom is -0.497 e. The van der Waals surface area contributed by atoms with E-state index in [1.165, 1.54) is 0 Å². The highest BCUT2D eigenvalue weighted by Crippen LogP contribution is 2.26. The zero-order valence-corrected chi connectivity index (χ0v) is 14.7. The number of aryl methyl sites for hydroxylation is 1. The van der Waals surface area contributed by atoms with Crippen LogP contribution in [0.15, 0.2) is 54.6 Å². The Kier molecular flexibility index (Phi) is 3.36. The summed E-state index contributed by atoms with van der Waals surface area (Å²) in [7, 11) is 1.64. The molecule has 8 nitrogen and oxygen atoms in total. The van der Waals surface area contributed by atoms with Crippen molar-refractivity contribution in [3.63, 3.8) is 0 Å². The van der Waals surface area contributed by atoms with Crippen molar-refractivity contribution < 1.29 is 4.74 Å². The van der Waals surface area contributed by atoms with Gasteiger partial charge in [-0.25, -0.2) is 9.08 Å². The molecule has 3 heterocycles. The van der Waals surface area contributed by atoms with Crippen molar-refractivity contribution in [2.75, 3.05) is 7.11 Å². The van der Waals surface area contributed by atoms with Crippen molar-refractivity contribution >= 4 is 16.9 Å². The number of hydrogen-bond acceptors (Lipinski definition) is 6. The fourth-order valence-electron chi connectivity index (χ4n) is 3.13. The number of ether oxygens (including phenoxy) is 1. The third kappa shape index (κ3) is 2.34. The number of nitrogens with zero attached hydrogens (tertiary/aromatic N) is 7. The molecule has 5 rings (SSSR count). The predicted octanol–water partition coefficient (Wildman–Crippen LogP) is 2.84. The minimum absolute atomic E-state index is 0.422. The van der Waals surface area contributed by atoms with Gasteiger partial charge in [-0.1, -0.05) is 18.2 Å². The van der Waals surface area contributed by atoms with Crippen molar-refractivity contribution in [2.45, 2.75) is 6.92 Å². The zero-order valence-electron chi connectivity index (χ0n) is 14.7. The van der Waals surface area contributed by atoms with Gasteiger partial charge in [-0.2, -0.15) is 5.10 Å². The number of benzene rings is 2. The molecule has 0 aliphatic heterocycles. The van der Waals surface area contributed by atoms with Crippen LogP contribution in [0.1, 0.15) is 5.69 Å². The van der Waals surface area contributed by atoms with Gasteiger partial charge in [-0.3, -0.25) is 0 Å². The van der Waals surface area contributed by atoms with E-state index in [-0.39, 0.29) is 0 Å². The highest BCUT2D eigenvalue weighted by atomic mass is 16.5. The van der Waals surface area contributed by atoms with Crippen LogP contribution in [-0.2, 0) is 0 Å². The summed E-state index contributed by atoms with van der Waals surface area (Å²) in [5, 5.41) is 21.7. The van der Waals surface area contributed by atoms with E-state index in [2.05, 4.69) is 25.5 Å². The molecule has 0 fully saturated rings. The molecule has 0 N–H and O–H groups in total. The number of methoxy groups -OCH3 is 1. The summed E-state index contributed by atoms with van der Waals surface area (Å²) in [6.07, 6.45) is 0. The van der Waals surface area contributed by atoms with E-state index < -0.39 is 0 Å². The molecular weight excluding hydrogens is 342 g/mol. The van der Waals surface area contributed by atoms with E-state index in [9.17, 15) is 0 Å². The molecule has 0 aliphatic carbocycles. The first-order chi connectivity index (χ1) is 13.3. The average Bonchev–Trinajstić information content (AvgIpc) is 3.30. The lowest BCUT2D eigenvalue weighted by Crippen LogP contribution is -2.03. The van der Waals surface area contributed by atoms with Gasteiger partial charge in [0.25, 0.3) is 5.78 Å². The molecule has 0 unspecified atom stereocenters. The van der Waals surface area contributed by atoms with Gasteiger partial charge in [0.05, 0.1) is 18.5 Å². The zero-order chi connectivity index (χ0) is 18.4. The maximum Gasteiger partial charge on any atom is 0.276 e. The molecule has 3 aromatic heterocycles. The van der Waals surface area contributed by atoms with Crippen LogP contribution in [0.5, 0.6) is 5.75 Å². The van der Waals surface area contributed by atoms with Gasteiger partial charge in [-0.05, 0) is 43.3 Å². The van der Waals surface area contributed by atoms with Crippen LogP contribution in [0.25, 0.3) is 34.0 Å². The molecule has 0 saturated carbocycles. The summed E-state index contributed by atoms with van der Waals surface area (Å²) < 4.78 is 8.98. The topological polar surface area (TPSA) is 83.0 Å². The Balaban J connectivity index is 1.85. The van der Waals surface area contributed by atoms with Crippen molar-refractivity contribution in [3.8, 4) is 22.8 Å². The Morgan fingerprint density at radius 2 is 1.59 bits per heavy atom. The lowest BCUT2D eigenvalue weighted by atomic mass is 10.2. The Hall–Kier alpha value is -3.81. The van der Waals surface area contributed by atoms with Crippen molar-refractivity contribution in [1.82, 2.24) is 34.6 Å². The Morgan fingerprint density at radius 1 is 0.852 bits per heavy atom. The van der Waals surface area contributed by atoms with Crippen molar-refractivity contribution in [3.05, 3.63) is 60.3 Å². The van der Waals surface area contributed by atoms with Crippen LogP contribution in [0.3, 0.4) is 0 Å². The van der Waals surface area contributed by atoms with Crippen LogP contribution in [0.2, 0.25) is 0 Å². The van der Waals surface area contributed by atoms with Gasteiger partial charge in [0.2, 0.25) is 0 Å². The van der Waals surface area contributed by atoms with Gasteiger partial charge in [0.15, 0.2) is 17.0 Å². The maximum atomic E-state index is 5.25. The summed E-state index contributed by atoms with van der Waals surface area (Å²) in [6, 6.07) is 17.6. The van der Waals surface area contributed by atoms with E-state index >= 15 is 0 Å². The molecule has 132 valence electrons. The first-order valence-electron chi connectivity index (χ1n) is 8.43. The van der Waals surface area contributed by atoms with E-state index in [1.54, 1.807) is 7.11 Å². The standard InChI is InChI=1S/C19H15N7O/c1-12-16-18(26(24-12)14-6-4-3-5-7-14)25-17(21-23-19(25)22-20-16)13-8-10-15(27-2)11-9-13/h3-11H,1-2H3. The lowest BCUT2D eigenvalue weighted by molar-refractivity contribution is 0.415. The SMILES string of the molecule is COc1ccc(-c2nnc3nnc4c(C)nn(-c5ccccc5)c4n23)cc1. The van der Waals surface area contributed by atoms with Gasteiger partial charge < -0.3 is 4.74 Å². The number of rotatable bonds is 3.